The molecular formula is C33H41N5O6S2. The second kappa shape index (κ2) is 13.6. The molecule has 46 heavy (non-hydrogen) atoms. The quantitative estimate of drug-likeness (QED) is 0.347. The minimum absolute atomic E-state index is 0.124. The molecule has 13 heteroatoms. The van der Waals surface area contributed by atoms with Gasteiger partial charge in [0, 0.05) is 43.5 Å². The summed E-state index contributed by atoms with van der Waals surface area (Å²) < 4.78 is 55.9. The van der Waals surface area contributed by atoms with Gasteiger partial charge in [-0.2, -0.15) is 8.61 Å². The van der Waals surface area contributed by atoms with E-state index in [1.54, 1.807) is 0 Å². The van der Waals surface area contributed by atoms with E-state index < -0.39 is 31.9 Å². The molecule has 0 saturated carbocycles. The van der Waals surface area contributed by atoms with Gasteiger partial charge in [-0.3, -0.25) is 14.6 Å². The summed E-state index contributed by atoms with van der Waals surface area (Å²) in [5.74, 6) is 0.0694. The number of benzene rings is 2. The number of rotatable bonds is 8. The van der Waals surface area contributed by atoms with Gasteiger partial charge in [-0.05, 0) is 91.1 Å². The third-order valence-electron chi connectivity index (χ3n) is 8.50. The molecule has 4 atom stereocenters. The van der Waals surface area contributed by atoms with Gasteiger partial charge >= 0.3 is 0 Å². The van der Waals surface area contributed by atoms with Gasteiger partial charge < -0.3 is 10.6 Å². The van der Waals surface area contributed by atoms with Crippen molar-refractivity contribution in [2.75, 3.05) is 36.8 Å². The predicted molar refractivity (Wildman–Crippen MR) is 176 cm³/mol. The Morgan fingerprint density at radius 3 is 1.37 bits per heavy atom. The Kier molecular flexibility index (Phi) is 9.97. The summed E-state index contributed by atoms with van der Waals surface area (Å²) in [6.07, 6.45) is 4.82. The average Bonchev–Trinajstić information content (AvgIpc) is 3.01. The normalized spacial score (nSPS) is 23.0. The molecule has 2 saturated heterocycles. The highest BCUT2D eigenvalue weighted by Crippen LogP contribution is 2.29. The highest BCUT2D eigenvalue weighted by Gasteiger charge is 2.33. The summed E-state index contributed by atoms with van der Waals surface area (Å²) in [7, 11) is -7.38. The van der Waals surface area contributed by atoms with Gasteiger partial charge in [0.15, 0.2) is 0 Å². The number of aromatic nitrogens is 1. The van der Waals surface area contributed by atoms with E-state index in [9.17, 15) is 26.4 Å². The number of carbonyl (C=O) groups is 2. The van der Waals surface area contributed by atoms with E-state index in [4.69, 9.17) is 0 Å². The van der Waals surface area contributed by atoms with Crippen molar-refractivity contribution in [3.8, 4) is 0 Å². The van der Waals surface area contributed by atoms with E-state index >= 15 is 0 Å². The van der Waals surface area contributed by atoms with Gasteiger partial charge in [-0.15, -0.1) is 0 Å². The van der Waals surface area contributed by atoms with Crippen LogP contribution in [-0.2, 0) is 20.0 Å². The molecule has 2 aromatic carbocycles. The number of nitrogens with one attached hydrogen (secondary N) is 2. The summed E-state index contributed by atoms with van der Waals surface area (Å²) in [5, 5.41) is 5.48. The average molecular weight is 668 g/mol. The number of hydrogen-bond donors (Lipinski definition) is 2. The van der Waals surface area contributed by atoms with Crippen LogP contribution in [0.5, 0.6) is 0 Å². The fourth-order valence-corrected chi connectivity index (χ4v) is 9.81. The van der Waals surface area contributed by atoms with Gasteiger partial charge in [0.25, 0.3) is 11.8 Å². The van der Waals surface area contributed by atoms with E-state index in [0.717, 1.165) is 12.8 Å². The first kappa shape index (κ1) is 33.7. The van der Waals surface area contributed by atoms with Crippen LogP contribution in [0.15, 0.2) is 76.8 Å². The van der Waals surface area contributed by atoms with Crippen molar-refractivity contribution in [2.24, 2.45) is 23.7 Å². The third kappa shape index (κ3) is 7.49. The molecule has 0 aliphatic carbocycles. The Hall–Kier alpha value is -3.65. The van der Waals surface area contributed by atoms with Crippen LogP contribution in [0.3, 0.4) is 0 Å². The minimum Gasteiger partial charge on any atom is -0.320 e. The Labute approximate surface area is 271 Å². The van der Waals surface area contributed by atoms with Crippen molar-refractivity contribution in [3.63, 3.8) is 0 Å². The second-order valence-corrected chi connectivity index (χ2v) is 16.8. The minimum atomic E-state index is -3.69. The van der Waals surface area contributed by atoms with Crippen molar-refractivity contribution in [2.45, 2.75) is 50.3 Å². The molecule has 2 aliphatic heterocycles. The van der Waals surface area contributed by atoms with Crippen LogP contribution in [0.1, 0.15) is 61.3 Å². The number of carbonyl (C=O) groups excluding carboxylic acids is 2. The van der Waals surface area contributed by atoms with Gasteiger partial charge in [0.2, 0.25) is 20.0 Å². The van der Waals surface area contributed by atoms with E-state index in [1.807, 2.05) is 27.7 Å². The SMILES string of the molecule is C[C@@H]1C[C@H](C)CN(S(=O)(=O)c2ccc(C(=O)Nc3ccncc3NC(=O)c3ccc(S(=O)(=O)N4C[C@@H](C)C[C@H](C)C4)cc3)cc2)C1. The van der Waals surface area contributed by atoms with Crippen LogP contribution < -0.4 is 10.6 Å². The molecule has 2 aliphatic rings. The Morgan fingerprint density at radius 1 is 0.609 bits per heavy atom. The monoisotopic (exact) mass is 667 g/mol. The Balaban J connectivity index is 1.25. The first-order valence-electron chi connectivity index (χ1n) is 15.5. The number of sulfonamides is 2. The molecule has 0 bridgehead atoms. The molecule has 11 nitrogen and oxygen atoms in total. The number of amides is 2. The first-order valence-corrected chi connectivity index (χ1v) is 18.4. The number of pyridine rings is 1. The van der Waals surface area contributed by atoms with E-state index in [1.165, 1.54) is 75.6 Å². The smallest absolute Gasteiger partial charge is 0.255 e. The van der Waals surface area contributed by atoms with Crippen molar-refractivity contribution < 1.29 is 26.4 Å². The highest BCUT2D eigenvalue weighted by molar-refractivity contribution is 7.89. The van der Waals surface area contributed by atoms with Crippen LogP contribution in [0.25, 0.3) is 0 Å². The topological polar surface area (TPSA) is 146 Å². The number of piperidine rings is 2. The van der Waals surface area contributed by atoms with Gasteiger partial charge in [-0.25, -0.2) is 16.8 Å². The molecule has 3 aromatic rings. The standard InChI is InChI=1S/C33H41N5O6S2/c1-22-15-23(2)19-37(18-22)45(41,42)28-9-5-26(6-10-28)32(39)35-30-13-14-34-17-31(30)36-33(40)27-7-11-29(12-8-27)46(43,44)38-20-24(3)16-25(4)21-38/h5-14,17,22-25H,15-16,18-21H2,1-4H3,(H,36,40)(H,34,35,39)/t22-,23+,24-,25-/m0/s1. The third-order valence-corrected chi connectivity index (χ3v) is 12.2. The summed E-state index contributed by atoms with van der Waals surface area (Å²) in [5.41, 5.74) is 0.993. The van der Waals surface area contributed by atoms with E-state index in [-0.39, 0.29) is 56.0 Å². The molecule has 0 radical (unpaired) electrons. The van der Waals surface area contributed by atoms with Crippen molar-refractivity contribution >= 4 is 43.2 Å². The first-order chi connectivity index (χ1) is 21.7. The van der Waals surface area contributed by atoms with Crippen LogP contribution in [0, 0.1) is 23.7 Å². The zero-order chi connectivity index (χ0) is 33.2. The number of anilines is 2. The lowest BCUT2D eigenvalue weighted by Gasteiger charge is -2.34. The largest absolute Gasteiger partial charge is 0.320 e. The molecule has 5 rings (SSSR count). The Morgan fingerprint density at radius 2 is 0.978 bits per heavy atom. The molecule has 0 unspecified atom stereocenters. The molecule has 2 fully saturated rings. The molecule has 2 amide bonds. The maximum Gasteiger partial charge on any atom is 0.255 e. The van der Waals surface area contributed by atoms with E-state index in [0.29, 0.717) is 26.2 Å². The molecule has 246 valence electrons. The summed E-state index contributed by atoms with van der Waals surface area (Å²) in [6, 6.07) is 13.1. The second-order valence-electron chi connectivity index (χ2n) is 12.9. The predicted octanol–water partition coefficient (Wildman–Crippen LogP) is 4.92. The van der Waals surface area contributed by atoms with Crippen molar-refractivity contribution in [1.82, 2.24) is 13.6 Å². The summed E-state index contributed by atoms with van der Waals surface area (Å²) in [4.78, 5) is 30.5. The highest BCUT2D eigenvalue weighted by atomic mass is 32.2. The number of hydrogen-bond acceptors (Lipinski definition) is 7. The lowest BCUT2D eigenvalue weighted by Crippen LogP contribution is -2.42. The zero-order valence-electron chi connectivity index (χ0n) is 26.5. The lowest BCUT2D eigenvalue weighted by atomic mass is 9.94. The van der Waals surface area contributed by atoms with Crippen LogP contribution >= 0.6 is 0 Å². The lowest BCUT2D eigenvalue weighted by molar-refractivity contribution is 0.101. The van der Waals surface area contributed by atoms with Crippen LogP contribution in [0.2, 0.25) is 0 Å². The van der Waals surface area contributed by atoms with Crippen LogP contribution in [-0.4, -0.2) is 68.4 Å². The summed E-state index contributed by atoms with van der Waals surface area (Å²) >= 11 is 0. The fraction of sp³-hybridized carbons (Fsp3) is 0.424. The van der Waals surface area contributed by atoms with Gasteiger partial charge in [0.1, 0.15) is 0 Å². The Bertz CT molecular complexity index is 1640. The maximum absolute atomic E-state index is 13.2. The summed E-state index contributed by atoms with van der Waals surface area (Å²) in [6.45, 7) is 10.0. The zero-order valence-corrected chi connectivity index (χ0v) is 28.1. The molecular weight excluding hydrogens is 627 g/mol. The van der Waals surface area contributed by atoms with Gasteiger partial charge in [0.05, 0.1) is 27.4 Å². The van der Waals surface area contributed by atoms with E-state index in [2.05, 4.69) is 15.6 Å². The van der Waals surface area contributed by atoms with Crippen LogP contribution in [0.4, 0.5) is 11.4 Å². The van der Waals surface area contributed by atoms with Crippen molar-refractivity contribution in [3.05, 3.63) is 78.1 Å². The molecule has 0 spiro atoms. The molecule has 2 N–H and O–H groups in total. The maximum atomic E-state index is 13.2. The fourth-order valence-electron chi connectivity index (χ4n) is 6.45. The molecule has 3 heterocycles. The van der Waals surface area contributed by atoms with Gasteiger partial charge in [-0.1, -0.05) is 27.7 Å². The van der Waals surface area contributed by atoms with Crippen molar-refractivity contribution in [1.29, 1.82) is 0 Å². The molecule has 1 aromatic heterocycles. The number of nitrogens with zero attached hydrogens (tertiary/aromatic N) is 3.